The zero-order valence-corrected chi connectivity index (χ0v) is 16.6. The molecule has 1 saturated heterocycles. The Morgan fingerprint density at radius 2 is 1.90 bits per heavy atom. The molecule has 0 aliphatic carbocycles. The molecular formula is C19H21N5O4S. The second kappa shape index (κ2) is 7.94. The SMILES string of the molecule is N#Cc1cccc(S(=O)(=O)N2CCc3nc(N4CCOCC4)[nH]c(=O)c3CC2)c1. The predicted molar refractivity (Wildman–Crippen MR) is 105 cm³/mol. The lowest BCUT2D eigenvalue weighted by atomic mass is 10.1. The van der Waals surface area contributed by atoms with Gasteiger partial charge in [0.2, 0.25) is 16.0 Å². The van der Waals surface area contributed by atoms with Crippen LogP contribution in [-0.4, -0.2) is 62.1 Å². The van der Waals surface area contributed by atoms with Gasteiger partial charge in [-0.05, 0) is 24.6 Å². The van der Waals surface area contributed by atoms with Crippen LogP contribution in [-0.2, 0) is 27.6 Å². The highest BCUT2D eigenvalue weighted by atomic mass is 32.2. The molecule has 0 unspecified atom stereocenters. The number of anilines is 1. The first-order valence-electron chi connectivity index (χ1n) is 9.44. The van der Waals surface area contributed by atoms with Crippen molar-refractivity contribution in [1.82, 2.24) is 14.3 Å². The number of aromatic nitrogens is 2. The van der Waals surface area contributed by atoms with E-state index in [9.17, 15) is 13.2 Å². The molecular weight excluding hydrogens is 394 g/mol. The van der Waals surface area contributed by atoms with E-state index in [1.54, 1.807) is 12.1 Å². The van der Waals surface area contributed by atoms with Crippen molar-refractivity contribution in [2.75, 3.05) is 44.3 Å². The Bertz CT molecular complexity index is 1120. The number of hydrogen-bond acceptors (Lipinski definition) is 7. The van der Waals surface area contributed by atoms with E-state index in [0.717, 1.165) is 0 Å². The molecule has 2 aliphatic heterocycles. The molecule has 0 radical (unpaired) electrons. The molecule has 9 nitrogen and oxygen atoms in total. The first kappa shape index (κ1) is 19.6. The molecule has 0 atom stereocenters. The smallest absolute Gasteiger partial charge is 0.255 e. The fourth-order valence-corrected chi connectivity index (χ4v) is 5.10. The van der Waals surface area contributed by atoms with Crippen molar-refractivity contribution in [2.45, 2.75) is 17.7 Å². The second-order valence-electron chi connectivity index (χ2n) is 6.96. The van der Waals surface area contributed by atoms with Crippen LogP contribution in [0.4, 0.5) is 5.95 Å². The third kappa shape index (κ3) is 3.89. The number of H-pyrrole nitrogens is 1. The quantitative estimate of drug-likeness (QED) is 0.764. The molecule has 0 saturated carbocycles. The Morgan fingerprint density at radius 3 is 2.66 bits per heavy atom. The molecule has 152 valence electrons. The number of fused-ring (bicyclic) bond motifs is 1. The molecule has 0 amide bonds. The average molecular weight is 415 g/mol. The van der Waals surface area contributed by atoms with E-state index in [1.807, 2.05) is 11.0 Å². The number of rotatable bonds is 3. The molecule has 1 fully saturated rings. The van der Waals surface area contributed by atoms with Crippen LogP contribution in [0.3, 0.4) is 0 Å². The molecule has 3 heterocycles. The summed E-state index contributed by atoms with van der Waals surface area (Å²) in [4.78, 5) is 22.1. The van der Waals surface area contributed by atoms with Crippen molar-refractivity contribution in [1.29, 1.82) is 5.26 Å². The molecule has 1 aromatic carbocycles. The Labute approximate surface area is 168 Å². The monoisotopic (exact) mass is 415 g/mol. The first-order chi connectivity index (χ1) is 14.0. The van der Waals surface area contributed by atoms with Crippen molar-refractivity contribution < 1.29 is 13.2 Å². The van der Waals surface area contributed by atoms with Crippen LogP contribution < -0.4 is 10.5 Å². The zero-order chi connectivity index (χ0) is 20.4. The summed E-state index contributed by atoms with van der Waals surface area (Å²) in [5, 5.41) is 9.05. The number of nitriles is 1. The van der Waals surface area contributed by atoms with Crippen molar-refractivity contribution in [3.63, 3.8) is 0 Å². The predicted octanol–water partition coefficient (Wildman–Crippen LogP) is 0.268. The second-order valence-corrected chi connectivity index (χ2v) is 8.90. The molecule has 10 heteroatoms. The van der Waals surface area contributed by atoms with Gasteiger partial charge in [-0.1, -0.05) is 6.07 Å². The summed E-state index contributed by atoms with van der Waals surface area (Å²) in [6.45, 7) is 2.87. The molecule has 2 aliphatic rings. The highest BCUT2D eigenvalue weighted by Crippen LogP contribution is 2.21. The number of benzene rings is 1. The maximum Gasteiger partial charge on any atom is 0.255 e. The van der Waals surface area contributed by atoms with Gasteiger partial charge >= 0.3 is 0 Å². The Morgan fingerprint density at radius 1 is 1.14 bits per heavy atom. The zero-order valence-electron chi connectivity index (χ0n) is 15.8. The number of morpholine rings is 1. The maximum absolute atomic E-state index is 13.0. The lowest BCUT2D eigenvalue weighted by Gasteiger charge is -2.27. The van der Waals surface area contributed by atoms with Crippen LogP contribution in [0.15, 0.2) is 34.0 Å². The fraction of sp³-hybridized carbons (Fsp3) is 0.421. The van der Waals surface area contributed by atoms with Crippen LogP contribution in [0.1, 0.15) is 16.8 Å². The van der Waals surface area contributed by atoms with Crippen molar-refractivity contribution in [3.8, 4) is 6.07 Å². The molecule has 0 bridgehead atoms. The van der Waals surface area contributed by atoms with E-state index in [1.165, 1.54) is 16.4 Å². The summed E-state index contributed by atoms with van der Waals surface area (Å²) in [6, 6.07) is 7.93. The van der Waals surface area contributed by atoms with Crippen LogP contribution in [0.25, 0.3) is 0 Å². The van der Waals surface area contributed by atoms with Crippen LogP contribution in [0.2, 0.25) is 0 Å². The molecule has 4 rings (SSSR count). The number of nitrogens with one attached hydrogen (secondary N) is 1. The summed E-state index contributed by atoms with van der Waals surface area (Å²) in [6.07, 6.45) is 0.645. The van der Waals surface area contributed by atoms with Gasteiger partial charge in [-0.3, -0.25) is 9.78 Å². The molecule has 29 heavy (non-hydrogen) atoms. The van der Waals surface area contributed by atoms with Crippen LogP contribution in [0.5, 0.6) is 0 Å². The Balaban J connectivity index is 1.60. The topological polar surface area (TPSA) is 119 Å². The minimum Gasteiger partial charge on any atom is -0.378 e. The maximum atomic E-state index is 13.0. The third-order valence-corrected chi connectivity index (χ3v) is 7.10. The highest BCUT2D eigenvalue weighted by molar-refractivity contribution is 7.89. The van der Waals surface area contributed by atoms with Crippen molar-refractivity contribution in [2.24, 2.45) is 0 Å². The number of hydrogen-bond donors (Lipinski definition) is 1. The van der Waals surface area contributed by atoms with Crippen molar-refractivity contribution >= 4 is 16.0 Å². The van der Waals surface area contributed by atoms with E-state index in [0.29, 0.717) is 49.9 Å². The van der Waals surface area contributed by atoms with Gasteiger partial charge in [0.15, 0.2) is 0 Å². The van der Waals surface area contributed by atoms with E-state index in [4.69, 9.17) is 10.00 Å². The summed E-state index contributed by atoms with van der Waals surface area (Å²) in [5.41, 5.74) is 1.24. The van der Waals surface area contributed by atoms with Gasteiger partial charge in [-0.2, -0.15) is 9.57 Å². The largest absolute Gasteiger partial charge is 0.378 e. The summed E-state index contributed by atoms with van der Waals surface area (Å²) in [5.74, 6) is 0.509. The van der Waals surface area contributed by atoms with Gasteiger partial charge < -0.3 is 9.64 Å². The number of ether oxygens (including phenoxy) is 1. The Hall–Kier alpha value is -2.74. The van der Waals surface area contributed by atoms with Gasteiger partial charge in [-0.25, -0.2) is 13.4 Å². The molecule has 1 N–H and O–H groups in total. The standard InChI is InChI=1S/C19H21N5O4S/c20-13-14-2-1-3-15(12-14)29(26,27)24-6-4-16-17(5-7-24)21-19(22-18(16)25)23-8-10-28-11-9-23/h1-3,12H,4-11H2,(H,21,22,25). The highest BCUT2D eigenvalue weighted by Gasteiger charge is 2.29. The summed E-state index contributed by atoms with van der Waals surface area (Å²) < 4.78 is 32.8. The number of nitrogens with zero attached hydrogens (tertiary/aromatic N) is 4. The van der Waals surface area contributed by atoms with Crippen molar-refractivity contribution in [3.05, 3.63) is 51.4 Å². The van der Waals surface area contributed by atoms with Crippen LogP contribution >= 0.6 is 0 Å². The third-order valence-electron chi connectivity index (χ3n) is 5.21. The number of aromatic amines is 1. The minimum absolute atomic E-state index is 0.0818. The normalized spacial score (nSPS) is 18.0. The van der Waals surface area contributed by atoms with E-state index < -0.39 is 10.0 Å². The van der Waals surface area contributed by atoms with E-state index >= 15 is 0 Å². The minimum atomic E-state index is -3.76. The van der Waals surface area contributed by atoms with Crippen LogP contribution in [0, 0.1) is 11.3 Å². The molecule has 2 aromatic rings. The lowest BCUT2D eigenvalue weighted by Crippen LogP contribution is -2.38. The summed E-state index contributed by atoms with van der Waals surface area (Å²) in [7, 11) is -3.76. The van der Waals surface area contributed by atoms with Gasteiger partial charge in [0.25, 0.3) is 5.56 Å². The van der Waals surface area contributed by atoms with Gasteiger partial charge in [-0.15, -0.1) is 0 Å². The van der Waals surface area contributed by atoms with Gasteiger partial charge in [0, 0.05) is 38.2 Å². The summed E-state index contributed by atoms with van der Waals surface area (Å²) >= 11 is 0. The van der Waals surface area contributed by atoms with Gasteiger partial charge in [0.1, 0.15) is 0 Å². The average Bonchev–Trinajstić information content (AvgIpc) is 2.98. The molecule has 0 spiro atoms. The molecule has 1 aromatic heterocycles. The Kier molecular flexibility index (Phi) is 5.36. The van der Waals surface area contributed by atoms with E-state index in [2.05, 4.69) is 9.97 Å². The fourth-order valence-electron chi connectivity index (χ4n) is 3.62. The van der Waals surface area contributed by atoms with Gasteiger partial charge in [0.05, 0.1) is 35.4 Å². The first-order valence-corrected chi connectivity index (χ1v) is 10.9. The number of sulfonamides is 1. The lowest BCUT2D eigenvalue weighted by molar-refractivity contribution is 0.122. The van der Waals surface area contributed by atoms with E-state index in [-0.39, 0.29) is 35.5 Å².